The Morgan fingerprint density at radius 2 is 1.93 bits per heavy atom. The number of hydrogen-bond acceptors (Lipinski definition) is 7. The van der Waals surface area contributed by atoms with Crippen LogP contribution in [0.3, 0.4) is 0 Å². The fourth-order valence-corrected chi connectivity index (χ4v) is 3.29. The first-order valence-electron chi connectivity index (χ1n) is 8.64. The average Bonchev–Trinajstić information content (AvgIpc) is 3.05. The van der Waals surface area contributed by atoms with E-state index in [1.807, 2.05) is 0 Å². The van der Waals surface area contributed by atoms with Crippen molar-refractivity contribution >= 4 is 23.3 Å². The fourth-order valence-electron chi connectivity index (χ4n) is 3.29. The van der Waals surface area contributed by atoms with Crippen molar-refractivity contribution in [1.82, 2.24) is 0 Å². The Morgan fingerprint density at radius 3 is 2.46 bits per heavy atom. The number of esters is 2. The van der Waals surface area contributed by atoms with Crippen molar-refractivity contribution in [1.29, 1.82) is 0 Å². The van der Waals surface area contributed by atoms with E-state index < -0.39 is 46.3 Å². The number of halogens is 3. The monoisotopic (exact) mass is 402 g/mol. The second-order valence-corrected chi connectivity index (χ2v) is 6.60. The maximum Gasteiger partial charge on any atom is 0.416 e. The fraction of sp³-hybridized carbons (Fsp3) is 0.529. The van der Waals surface area contributed by atoms with Gasteiger partial charge in [0.25, 0.3) is 5.69 Å². The van der Waals surface area contributed by atoms with Gasteiger partial charge in [-0.3, -0.25) is 14.9 Å². The van der Waals surface area contributed by atoms with Gasteiger partial charge in [0.05, 0.1) is 23.0 Å². The topological polar surface area (TPSA) is 99.0 Å². The number of rotatable bonds is 4. The van der Waals surface area contributed by atoms with E-state index in [1.54, 1.807) is 4.90 Å². The van der Waals surface area contributed by atoms with Crippen molar-refractivity contribution in [2.45, 2.75) is 31.5 Å². The van der Waals surface area contributed by atoms with E-state index in [1.165, 1.54) is 0 Å². The molecular weight excluding hydrogens is 385 g/mol. The Balaban J connectivity index is 1.66. The molecule has 0 spiro atoms. The lowest BCUT2D eigenvalue weighted by molar-refractivity contribution is -0.384. The zero-order valence-electron chi connectivity index (χ0n) is 14.6. The molecule has 28 heavy (non-hydrogen) atoms. The van der Waals surface area contributed by atoms with Crippen LogP contribution in [0.15, 0.2) is 18.2 Å². The highest BCUT2D eigenvalue weighted by molar-refractivity contribution is 5.81. The third kappa shape index (κ3) is 4.18. The first kappa shape index (κ1) is 19.9. The molecule has 0 aliphatic carbocycles. The molecule has 11 heteroatoms. The van der Waals surface area contributed by atoms with Crippen molar-refractivity contribution in [3.05, 3.63) is 33.9 Å². The quantitative estimate of drug-likeness (QED) is 0.434. The summed E-state index contributed by atoms with van der Waals surface area (Å²) < 4.78 is 48.3. The van der Waals surface area contributed by atoms with Gasteiger partial charge in [0.2, 0.25) is 6.10 Å². The highest BCUT2D eigenvalue weighted by Gasteiger charge is 2.36. The molecule has 2 heterocycles. The lowest BCUT2D eigenvalue weighted by Gasteiger charge is -2.32. The van der Waals surface area contributed by atoms with Crippen LogP contribution in [0.2, 0.25) is 0 Å². The standard InChI is InChI=1S/C17H17F3N2O6/c18-17(19,20)11-1-2-12(13(9-11)22(25)26)21-6-3-10(4-7-21)15(23)28-14-5-8-27-16(14)24/h1-2,9-10,14H,3-8H2/t14-/m1/s1. The van der Waals surface area contributed by atoms with Gasteiger partial charge in [-0.25, -0.2) is 4.79 Å². The number of nitro groups is 1. The Hall–Kier alpha value is -2.85. The number of alkyl halides is 3. The van der Waals surface area contributed by atoms with Gasteiger partial charge in [0.15, 0.2) is 0 Å². The van der Waals surface area contributed by atoms with Gasteiger partial charge in [-0.2, -0.15) is 13.2 Å². The number of nitrogens with zero attached hydrogens (tertiary/aromatic N) is 2. The number of nitro benzene ring substituents is 1. The van der Waals surface area contributed by atoms with Gasteiger partial charge in [-0.15, -0.1) is 0 Å². The maximum absolute atomic E-state index is 12.8. The summed E-state index contributed by atoms with van der Waals surface area (Å²) in [5.41, 5.74) is -1.65. The molecule has 8 nitrogen and oxygen atoms in total. The van der Waals surface area contributed by atoms with E-state index in [4.69, 9.17) is 9.47 Å². The summed E-state index contributed by atoms with van der Waals surface area (Å²) in [5.74, 6) is -1.60. The first-order chi connectivity index (χ1) is 13.2. The summed E-state index contributed by atoms with van der Waals surface area (Å²) in [6, 6.07) is 2.39. The second-order valence-electron chi connectivity index (χ2n) is 6.60. The molecule has 0 aromatic heterocycles. The van der Waals surface area contributed by atoms with Gasteiger partial charge in [-0.05, 0) is 25.0 Å². The Labute approximate surface area is 157 Å². The van der Waals surface area contributed by atoms with Gasteiger partial charge in [0.1, 0.15) is 5.69 Å². The van der Waals surface area contributed by atoms with E-state index in [9.17, 15) is 32.9 Å². The zero-order valence-corrected chi connectivity index (χ0v) is 14.6. The molecule has 0 radical (unpaired) electrons. The molecule has 1 aromatic carbocycles. The third-order valence-electron chi connectivity index (χ3n) is 4.81. The second kappa shape index (κ2) is 7.64. The SMILES string of the molecule is O=C(O[C@@H]1CCOC1=O)C1CCN(c2ccc(C(F)(F)F)cc2[N+](=O)[O-])CC1. The number of hydrogen-bond donors (Lipinski definition) is 0. The number of benzene rings is 1. The normalized spacial score (nSPS) is 20.8. The Morgan fingerprint density at radius 1 is 1.25 bits per heavy atom. The van der Waals surface area contributed by atoms with E-state index in [0.717, 1.165) is 12.1 Å². The lowest BCUT2D eigenvalue weighted by atomic mass is 9.96. The minimum Gasteiger partial charge on any atom is -0.463 e. The largest absolute Gasteiger partial charge is 0.463 e. The van der Waals surface area contributed by atoms with Crippen molar-refractivity contribution in [2.24, 2.45) is 5.92 Å². The predicted molar refractivity (Wildman–Crippen MR) is 88.5 cm³/mol. The van der Waals surface area contributed by atoms with Crippen LogP contribution < -0.4 is 4.90 Å². The van der Waals surface area contributed by atoms with E-state index in [0.29, 0.717) is 25.3 Å². The summed E-state index contributed by atoms with van der Waals surface area (Å²) >= 11 is 0. The number of piperidine rings is 1. The minimum absolute atomic E-state index is 0.0733. The smallest absolute Gasteiger partial charge is 0.416 e. The molecule has 2 saturated heterocycles. The van der Waals surface area contributed by atoms with E-state index in [-0.39, 0.29) is 25.4 Å². The number of anilines is 1. The molecule has 0 amide bonds. The van der Waals surface area contributed by atoms with Gasteiger partial charge >= 0.3 is 18.1 Å². The molecule has 2 fully saturated rings. The van der Waals surface area contributed by atoms with Crippen LogP contribution in [0.4, 0.5) is 24.5 Å². The average molecular weight is 402 g/mol. The van der Waals surface area contributed by atoms with Gasteiger partial charge in [0, 0.05) is 25.6 Å². The summed E-state index contributed by atoms with van der Waals surface area (Å²) in [4.78, 5) is 35.5. The van der Waals surface area contributed by atoms with Crippen LogP contribution in [-0.4, -0.2) is 42.7 Å². The maximum atomic E-state index is 12.8. The number of ether oxygens (including phenoxy) is 2. The molecule has 1 aromatic rings. The van der Waals surface area contributed by atoms with Crippen molar-refractivity contribution < 1.29 is 37.2 Å². The van der Waals surface area contributed by atoms with Crippen LogP contribution in [-0.2, 0) is 25.2 Å². The number of cyclic esters (lactones) is 1. The Bertz CT molecular complexity index is 790. The summed E-state index contributed by atoms with van der Waals surface area (Å²) in [5, 5.41) is 11.2. The van der Waals surface area contributed by atoms with E-state index in [2.05, 4.69) is 0 Å². The first-order valence-corrected chi connectivity index (χ1v) is 8.64. The van der Waals surface area contributed by atoms with Gasteiger partial charge in [-0.1, -0.05) is 0 Å². The molecule has 0 bridgehead atoms. The summed E-state index contributed by atoms with van der Waals surface area (Å²) in [6.45, 7) is 0.676. The molecule has 1 atom stereocenters. The number of carbonyl (C=O) groups excluding carboxylic acids is 2. The van der Waals surface area contributed by atoms with Crippen molar-refractivity contribution in [2.75, 3.05) is 24.6 Å². The molecule has 152 valence electrons. The summed E-state index contributed by atoms with van der Waals surface area (Å²) in [6.07, 6.45) is -4.67. The number of carbonyl (C=O) groups is 2. The summed E-state index contributed by atoms with van der Waals surface area (Å²) in [7, 11) is 0. The molecule has 3 rings (SSSR count). The molecule has 0 saturated carbocycles. The van der Waals surface area contributed by atoms with Crippen LogP contribution >= 0.6 is 0 Å². The van der Waals surface area contributed by atoms with Crippen LogP contribution in [0.1, 0.15) is 24.8 Å². The van der Waals surface area contributed by atoms with Crippen LogP contribution in [0.5, 0.6) is 0 Å². The molecular formula is C17H17F3N2O6. The van der Waals surface area contributed by atoms with Crippen molar-refractivity contribution in [3.8, 4) is 0 Å². The highest BCUT2D eigenvalue weighted by atomic mass is 19.4. The predicted octanol–water partition coefficient (Wildman–Crippen LogP) is 2.69. The lowest BCUT2D eigenvalue weighted by Crippen LogP contribution is -2.38. The molecule has 2 aliphatic rings. The Kier molecular flexibility index (Phi) is 5.43. The van der Waals surface area contributed by atoms with Gasteiger partial charge < -0.3 is 14.4 Å². The van der Waals surface area contributed by atoms with Crippen LogP contribution in [0, 0.1) is 16.0 Å². The molecule has 2 aliphatic heterocycles. The third-order valence-corrected chi connectivity index (χ3v) is 4.81. The molecule has 0 N–H and O–H groups in total. The molecule has 0 unspecified atom stereocenters. The van der Waals surface area contributed by atoms with Crippen molar-refractivity contribution in [3.63, 3.8) is 0 Å². The minimum atomic E-state index is -4.68. The van der Waals surface area contributed by atoms with Crippen LogP contribution in [0.25, 0.3) is 0 Å². The highest BCUT2D eigenvalue weighted by Crippen LogP contribution is 2.37. The zero-order chi connectivity index (χ0) is 20.5. The van der Waals surface area contributed by atoms with E-state index >= 15 is 0 Å².